The van der Waals surface area contributed by atoms with E-state index in [9.17, 15) is 0 Å². The zero-order chi connectivity index (χ0) is 10.4. The van der Waals surface area contributed by atoms with E-state index < -0.39 is 0 Å². The van der Waals surface area contributed by atoms with Gasteiger partial charge in [-0.25, -0.2) is 0 Å². The third-order valence-corrected chi connectivity index (χ3v) is 2.75. The largest absolute Gasteiger partial charge is 0.395 e. The first-order valence-electron chi connectivity index (χ1n) is 4.85. The molecule has 0 heterocycles. The van der Waals surface area contributed by atoms with Crippen LogP contribution in [0.25, 0.3) is 0 Å². The van der Waals surface area contributed by atoms with Gasteiger partial charge >= 0.3 is 0 Å². The number of aliphatic hydroxyl groups is 1. The topological polar surface area (TPSA) is 32.3 Å². The van der Waals surface area contributed by atoms with Crippen LogP contribution in [-0.4, -0.2) is 17.8 Å². The summed E-state index contributed by atoms with van der Waals surface area (Å²) in [5, 5.41) is 12.3. The Hall–Kier alpha value is -0.380. The molecule has 2 N–H and O–H groups in total. The Morgan fingerprint density at radius 2 is 2.00 bits per heavy atom. The van der Waals surface area contributed by atoms with Gasteiger partial charge in [-0.1, -0.05) is 35.0 Å². The van der Waals surface area contributed by atoms with Gasteiger partial charge < -0.3 is 10.4 Å². The minimum absolute atomic E-state index is 0.201. The van der Waals surface area contributed by atoms with Crippen molar-refractivity contribution in [3.63, 3.8) is 0 Å². The summed E-state index contributed by atoms with van der Waals surface area (Å²) in [5.41, 5.74) is 1.24. The second kappa shape index (κ2) is 6.17. The van der Waals surface area contributed by atoms with Crippen molar-refractivity contribution < 1.29 is 5.11 Å². The molecule has 0 radical (unpaired) electrons. The molecule has 1 aromatic carbocycles. The van der Waals surface area contributed by atoms with Crippen LogP contribution in [0.15, 0.2) is 28.7 Å². The number of nitrogens with one attached hydrogen (secondary N) is 1. The first-order chi connectivity index (χ1) is 6.76. The lowest BCUT2D eigenvalue weighted by Crippen LogP contribution is -2.31. The molecule has 3 heteroatoms. The van der Waals surface area contributed by atoms with E-state index in [1.165, 1.54) is 5.56 Å². The molecule has 1 rings (SSSR count). The zero-order valence-electron chi connectivity index (χ0n) is 8.33. The van der Waals surface area contributed by atoms with E-state index in [2.05, 4.69) is 40.3 Å². The molecule has 0 saturated heterocycles. The standard InChI is InChI=1S/C11H16BrNO/c1-2-11(8-14)13-7-9-3-5-10(12)6-4-9/h3-6,11,13-14H,2,7-8H2,1H3/t11-/m0/s1. The van der Waals surface area contributed by atoms with E-state index in [1.54, 1.807) is 0 Å². The highest BCUT2D eigenvalue weighted by atomic mass is 79.9. The summed E-state index contributed by atoms with van der Waals surface area (Å²) in [5.74, 6) is 0. The van der Waals surface area contributed by atoms with Crippen LogP contribution in [-0.2, 0) is 6.54 Å². The van der Waals surface area contributed by atoms with Crippen LogP contribution in [0.2, 0.25) is 0 Å². The fraction of sp³-hybridized carbons (Fsp3) is 0.455. The van der Waals surface area contributed by atoms with Crippen LogP contribution in [0.1, 0.15) is 18.9 Å². The second-order valence-electron chi connectivity index (χ2n) is 3.30. The van der Waals surface area contributed by atoms with Crippen molar-refractivity contribution in [1.29, 1.82) is 0 Å². The normalized spacial score (nSPS) is 12.8. The molecule has 0 aliphatic heterocycles. The molecule has 0 bridgehead atoms. The van der Waals surface area contributed by atoms with Crippen molar-refractivity contribution in [1.82, 2.24) is 5.32 Å². The maximum absolute atomic E-state index is 8.98. The molecular formula is C11H16BrNO. The van der Waals surface area contributed by atoms with Crippen molar-refractivity contribution in [2.75, 3.05) is 6.61 Å². The number of aliphatic hydroxyl groups excluding tert-OH is 1. The Kier molecular flexibility index (Phi) is 5.15. The molecule has 14 heavy (non-hydrogen) atoms. The van der Waals surface area contributed by atoms with Gasteiger partial charge in [0.05, 0.1) is 6.61 Å². The number of rotatable bonds is 5. The second-order valence-corrected chi connectivity index (χ2v) is 4.21. The molecule has 0 spiro atoms. The van der Waals surface area contributed by atoms with E-state index in [4.69, 9.17) is 5.11 Å². The van der Waals surface area contributed by atoms with Crippen LogP contribution in [0.4, 0.5) is 0 Å². The van der Waals surface area contributed by atoms with Crippen molar-refractivity contribution in [2.45, 2.75) is 25.9 Å². The molecule has 0 saturated carbocycles. The third-order valence-electron chi connectivity index (χ3n) is 2.22. The van der Waals surface area contributed by atoms with E-state index in [0.717, 1.165) is 17.4 Å². The molecular weight excluding hydrogens is 242 g/mol. The summed E-state index contributed by atoms with van der Waals surface area (Å²) >= 11 is 3.39. The molecule has 1 aromatic rings. The number of hydrogen-bond acceptors (Lipinski definition) is 2. The van der Waals surface area contributed by atoms with Crippen LogP contribution >= 0.6 is 15.9 Å². The average molecular weight is 258 g/mol. The van der Waals surface area contributed by atoms with Crippen molar-refractivity contribution in [3.8, 4) is 0 Å². The Morgan fingerprint density at radius 3 is 2.50 bits per heavy atom. The van der Waals surface area contributed by atoms with Crippen LogP contribution in [0.3, 0.4) is 0 Å². The number of halogens is 1. The van der Waals surface area contributed by atoms with Gasteiger partial charge in [-0.3, -0.25) is 0 Å². The third kappa shape index (κ3) is 3.78. The Bertz CT molecular complexity index is 256. The smallest absolute Gasteiger partial charge is 0.0584 e. The average Bonchev–Trinajstić information content (AvgIpc) is 2.22. The predicted molar refractivity (Wildman–Crippen MR) is 62.1 cm³/mol. The maximum atomic E-state index is 8.98. The van der Waals surface area contributed by atoms with Gasteiger partial charge in [-0.2, -0.15) is 0 Å². The van der Waals surface area contributed by atoms with Gasteiger partial charge in [-0.05, 0) is 24.1 Å². The molecule has 0 aromatic heterocycles. The first kappa shape index (κ1) is 11.7. The first-order valence-corrected chi connectivity index (χ1v) is 5.64. The van der Waals surface area contributed by atoms with E-state index in [0.29, 0.717) is 0 Å². The van der Waals surface area contributed by atoms with Gasteiger partial charge in [0, 0.05) is 17.1 Å². The van der Waals surface area contributed by atoms with E-state index in [-0.39, 0.29) is 12.6 Å². The summed E-state index contributed by atoms with van der Waals surface area (Å²) in [6.45, 7) is 3.08. The molecule has 2 nitrogen and oxygen atoms in total. The molecule has 1 atom stereocenters. The highest BCUT2D eigenvalue weighted by Gasteiger charge is 2.02. The summed E-state index contributed by atoms with van der Waals surface area (Å²) in [6.07, 6.45) is 0.951. The fourth-order valence-electron chi connectivity index (χ4n) is 1.20. The van der Waals surface area contributed by atoms with Crippen molar-refractivity contribution in [2.24, 2.45) is 0 Å². The summed E-state index contributed by atoms with van der Waals surface area (Å²) in [4.78, 5) is 0. The Labute approximate surface area is 93.5 Å². The predicted octanol–water partition coefficient (Wildman–Crippen LogP) is 2.31. The van der Waals surface area contributed by atoms with Crippen LogP contribution in [0.5, 0.6) is 0 Å². The van der Waals surface area contributed by atoms with Gasteiger partial charge in [0.25, 0.3) is 0 Å². The van der Waals surface area contributed by atoms with Gasteiger partial charge in [0.15, 0.2) is 0 Å². The van der Waals surface area contributed by atoms with Crippen LogP contribution < -0.4 is 5.32 Å². The number of benzene rings is 1. The molecule has 0 amide bonds. The Morgan fingerprint density at radius 1 is 1.36 bits per heavy atom. The van der Waals surface area contributed by atoms with Gasteiger partial charge in [0.2, 0.25) is 0 Å². The monoisotopic (exact) mass is 257 g/mol. The van der Waals surface area contributed by atoms with Crippen molar-refractivity contribution in [3.05, 3.63) is 34.3 Å². The lowest BCUT2D eigenvalue weighted by Gasteiger charge is -2.13. The fourth-order valence-corrected chi connectivity index (χ4v) is 1.47. The lowest BCUT2D eigenvalue weighted by molar-refractivity contribution is 0.238. The lowest BCUT2D eigenvalue weighted by atomic mass is 10.2. The van der Waals surface area contributed by atoms with E-state index >= 15 is 0 Å². The molecule has 0 fully saturated rings. The minimum atomic E-state index is 0.201. The van der Waals surface area contributed by atoms with E-state index in [1.807, 2.05) is 12.1 Å². The summed E-state index contributed by atoms with van der Waals surface area (Å²) in [7, 11) is 0. The molecule has 78 valence electrons. The summed E-state index contributed by atoms with van der Waals surface area (Å²) < 4.78 is 1.09. The number of hydrogen-bond donors (Lipinski definition) is 2. The SMILES string of the molecule is CC[C@@H](CO)NCc1ccc(Br)cc1. The van der Waals surface area contributed by atoms with Crippen molar-refractivity contribution >= 4 is 15.9 Å². The van der Waals surface area contributed by atoms with Crippen LogP contribution in [0, 0.1) is 0 Å². The quantitative estimate of drug-likeness (QED) is 0.849. The molecule has 0 unspecified atom stereocenters. The zero-order valence-corrected chi connectivity index (χ0v) is 9.92. The summed E-state index contributed by atoms with van der Waals surface area (Å²) in [6, 6.07) is 8.40. The molecule has 0 aliphatic carbocycles. The molecule has 0 aliphatic rings. The Balaban J connectivity index is 2.41. The van der Waals surface area contributed by atoms with Gasteiger partial charge in [0.1, 0.15) is 0 Å². The maximum Gasteiger partial charge on any atom is 0.0584 e. The highest BCUT2D eigenvalue weighted by molar-refractivity contribution is 9.10. The minimum Gasteiger partial charge on any atom is -0.395 e. The highest BCUT2D eigenvalue weighted by Crippen LogP contribution is 2.10. The van der Waals surface area contributed by atoms with Gasteiger partial charge in [-0.15, -0.1) is 0 Å².